The van der Waals surface area contributed by atoms with Crippen LogP contribution in [-0.4, -0.2) is 42.6 Å². The fourth-order valence-electron chi connectivity index (χ4n) is 3.88. The fourth-order valence-corrected chi connectivity index (χ4v) is 3.88. The molecule has 2 fully saturated rings. The molecule has 24 heavy (non-hydrogen) atoms. The summed E-state index contributed by atoms with van der Waals surface area (Å²) in [6.45, 7) is 5.44. The lowest BCUT2D eigenvalue weighted by atomic mass is 9.98. The molecule has 1 aromatic carbocycles. The van der Waals surface area contributed by atoms with Crippen molar-refractivity contribution < 1.29 is 8.78 Å². The largest absolute Gasteiger partial charge is 0.369 e. The Balaban J connectivity index is 1.62. The van der Waals surface area contributed by atoms with E-state index in [1.807, 2.05) is 12.3 Å². The van der Waals surface area contributed by atoms with Crippen molar-refractivity contribution in [3.8, 4) is 11.1 Å². The maximum Gasteiger partial charge on any atom is 0.126 e. The lowest BCUT2D eigenvalue weighted by Gasteiger charge is -2.29. The van der Waals surface area contributed by atoms with Crippen molar-refractivity contribution in [1.29, 1.82) is 0 Å². The van der Waals surface area contributed by atoms with Gasteiger partial charge < -0.3 is 9.80 Å². The number of fused-ring (bicyclic) bond motifs is 2. The number of hydrogen-bond donors (Lipinski definition) is 0. The van der Waals surface area contributed by atoms with Gasteiger partial charge in [-0.2, -0.15) is 0 Å². The number of benzene rings is 1. The Kier molecular flexibility index (Phi) is 4.19. The minimum atomic E-state index is -0.563. The van der Waals surface area contributed by atoms with Gasteiger partial charge in [-0.1, -0.05) is 0 Å². The molecule has 0 N–H and O–H groups in total. The van der Waals surface area contributed by atoms with Crippen molar-refractivity contribution in [3.05, 3.63) is 48.3 Å². The van der Waals surface area contributed by atoms with E-state index in [1.54, 1.807) is 6.20 Å². The van der Waals surface area contributed by atoms with Gasteiger partial charge in [0.2, 0.25) is 0 Å². The summed E-state index contributed by atoms with van der Waals surface area (Å²) >= 11 is 0. The number of aromatic nitrogens is 1. The minimum Gasteiger partial charge on any atom is -0.369 e. The van der Waals surface area contributed by atoms with E-state index < -0.39 is 11.6 Å². The predicted octanol–water partition coefficient (Wildman–Crippen LogP) is 3.56. The maximum atomic E-state index is 13.5. The number of pyridine rings is 1. The van der Waals surface area contributed by atoms with Gasteiger partial charge in [0.15, 0.2) is 0 Å². The molecule has 2 atom stereocenters. The molecule has 1 aromatic heterocycles. The van der Waals surface area contributed by atoms with Crippen LogP contribution in [0.2, 0.25) is 0 Å². The number of piperidine rings is 1. The molecule has 126 valence electrons. The average molecular weight is 329 g/mol. The Morgan fingerprint density at radius 2 is 1.71 bits per heavy atom. The molecule has 2 bridgehead atoms. The number of nitrogens with zero attached hydrogens (tertiary/aromatic N) is 3. The lowest BCUT2D eigenvalue weighted by molar-refractivity contribution is 0.201. The zero-order valence-electron chi connectivity index (χ0n) is 13.6. The van der Waals surface area contributed by atoms with E-state index in [-0.39, 0.29) is 0 Å². The molecule has 0 amide bonds. The number of anilines is 1. The minimum absolute atomic E-state index is 0.527. The molecule has 2 aromatic rings. The molecule has 5 heteroatoms. The van der Waals surface area contributed by atoms with Crippen LogP contribution in [0.1, 0.15) is 12.8 Å². The highest BCUT2D eigenvalue weighted by Crippen LogP contribution is 2.28. The molecule has 0 radical (unpaired) electrons. The van der Waals surface area contributed by atoms with Crippen molar-refractivity contribution in [2.75, 3.05) is 37.6 Å². The van der Waals surface area contributed by atoms with Crippen molar-refractivity contribution in [3.63, 3.8) is 0 Å². The molecular formula is C19H21F2N3. The first-order chi connectivity index (χ1) is 11.7. The van der Waals surface area contributed by atoms with Gasteiger partial charge in [-0.15, -0.1) is 0 Å². The summed E-state index contributed by atoms with van der Waals surface area (Å²) in [4.78, 5) is 9.21. The zero-order valence-corrected chi connectivity index (χ0v) is 13.6. The van der Waals surface area contributed by atoms with Crippen LogP contribution in [0.5, 0.6) is 0 Å². The standard InChI is InChI=1S/C19H21F2N3/c20-17-6-15(7-18(21)9-17)16-8-19(11-22-10-16)24-5-4-23-3-1-2-14(12-23)13-24/h6-11,14H,1-5,12-13H2. The molecule has 2 unspecified atom stereocenters. The summed E-state index contributed by atoms with van der Waals surface area (Å²) in [5.41, 5.74) is 2.31. The first kappa shape index (κ1) is 15.5. The van der Waals surface area contributed by atoms with E-state index in [0.717, 1.165) is 37.0 Å². The quantitative estimate of drug-likeness (QED) is 0.840. The highest BCUT2D eigenvalue weighted by Gasteiger charge is 2.26. The molecule has 0 spiro atoms. The van der Waals surface area contributed by atoms with E-state index in [0.29, 0.717) is 11.5 Å². The smallest absolute Gasteiger partial charge is 0.126 e. The third-order valence-corrected chi connectivity index (χ3v) is 5.05. The van der Waals surface area contributed by atoms with Crippen LogP contribution in [0.3, 0.4) is 0 Å². The first-order valence-electron chi connectivity index (χ1n) is 8.56. The van der Waals surface area contributed by atoms with Crippen molar-refractivity contribution >= 4 is 5.69 Å². The van der Waals surface area contributed by atoms with E-state index in [4.69, 9.17) is 0 Å². The number of hydrogen-bond acceptors (Lipinski definition) is 3. The average Bonchev–Trinajstić information content (AvgIpc) is 2.72. The van der Waals surface area contributed by atoms with Crippen LogP contribution in [-0.2, 0) is 0 Å². The Bertz CT molecular complexity index is 714. The van der Waals surface area contributed by atoms with E-state index in [2.05, 4.69) is 14.8 Å². The van der Waals surface area contributed by atoms with Crippen molar-refractivity contribution in [2.45, 2.75) is 12.8 Å². The van der Waals surface area contributed by atoms with Crippen LogP contribution in [0.4, 0.5) is 14.5 Å². The lowest BCUT2D eigenvalue weighted by Crippen LogP contribution is -2.35. The van der Waals surface area contributed by atoms with Crippen LogP contribution in [0, 0.1) is 17.6 Å². The monoisotopic (exact) mass is 329 g/mol. The van der Waals surface area contributed by atoms with Gasteiger partial charge in [-0.05, 0) is 49.1 Å². The topological polar surface area (TPSA) is 19.4 Å². The Hall–Kier alpha value is -2.01. The van der Waals surface area contributed by atoms with E-state index >= 15 is 0 Å². The second-order valence-corrected chi connectivity index (χ2v) is 6.84. The highest BCUT2D eigenvalue weighted by molar-refractivity contribution is 5.67. The summed E-state index contributed by atoms with van der Waals surface area (Å²) < 4.78 is 27.0. The highest BCUT2D eigenvalue weighted by atomic mass is 19.1. The van der Waals surface area contributed by atoms with Gasteiger partial charge in [-0.3, -0.25) is 4.98 Å². The van der Waals surface area contributed by atoms with Crippen LogP contribution >= 0.6 is 0 Å². The third-order valence-electron chi connectivity index (χ3n) is 5.05. The Morgan fingerprint density at radius 3 is 2.54 bits per heavy atom. The molecular weight excluding hydrogens is 308 g/mol. The molecule has 3 heterocycles. The van der Waals surface area contributed by atoms with Gasteiger partial charge in [0, 0.05) is 44.0 Å². The SMILES string of the molecule is Fc1cc(F)cc(-c2cncc(N3CCN4CCCC(C4)C3)c2)c1. The molecule has 0 aliphatic carbocycles. The molecule has 0 saturated carbocycles. The van der Waals surface area contributed by atoms with Crippen LogP contribution in [0.15, 0.2) is 36.7 Å². The molecule has 3 nitrogen and oxygen atoms in total. The van der Waals surface area contributed by atoms with Crippen LogP contribution in [0.25, 0.3) is 11.1 Å². The van der Waals surface area contributed by atoms with Crippen molar-refractivity contribution in [2.24, 2.45) is 5.92 Å². The van der Waals surface area contributed by atoms with Gasteiger partial charge >= 0.3 is 0 Å². The van der Waals surface area contributed by atoms with Crippen molar-refractivity contribution in [1.82, 2.24) is 9.88 Å². The Morgan fingerprint density at radius 1 is 0.875 bits per heavy atom. The summed E-state index contributed by atoms with van der Waals surface area (Å²) in [6.07, 6.45) is 6.07. The number of rotatable bonds is 2. The van der Waals surface area contributed by atoms with E-state index in [9.17, 15) is 8.78 Å². The first-order valence-corrected chi connectivity index (χ1v) is 8.56. The molecule has 2 aliphatic heterocycles. The zero-order chi connectivity index (χ0) is 16.5. The third kappa shape index (κ3) is 3.26. The van der Waals surface area contributed by atoms with Gasteiger partial charge in [0.25, 0.3) is 0 Å². The van der Waals surface area contributed by atoms with Gasteiger partial charge in [0.05, 0.1) is 11.9 Å². The molecule has 2 saturated heterocycles. The molecule has 2 aliphatic rings. The summed E-state index contributed by atoms with van der Waals surface area (Å²) in [7, 11) is 0. The van der Waals surface area contributed by atoms with Gasteiger partial charge in [-0.25, -0.2) is 8.78 Å². The fraction of sp³-hybridized carbons (Fsp3) is 0.421. The van der Waals surface area contributed by atoms with Gasteiger partial charge in [0.1, 0.15) is 11.6 Å². The summed E-state index contributed by atoms with van der Waals surface area (Å²) in [6, 6.07) is 5.59. The Labute approximate surface area is 140 Å². The van der Waals surface area contributed by atoms with Crippen LogP contribution < -0.4 is 4.90 Å². The number of halogens is 2. The second-order valence-electron chi connectivity index (χ2n) is 6.84. The molecule has 4 rings (SSSR count). The predicted molar refractivity (Wildman–Crippen MR) is 91.0 cm³/mol. The summed E-state index contributed by atoms with van der Waals surface area (Å²) in [5, 5.41) is 0. The second kappa shape index (κ2) is 6.48. The van der Waals surface area contributed by atoms with E-state index in [1.165, 1.54) is 38.1 Å². The maximum absolute atomic E-state index is 13.5. The summed E-state index contributed by atoms with van der Waals surface area (Å²) in [5.74, 6) is -0.435. The normalized spacial score (nSPS) is 23.8.